The van der Waals surface area contributed by atoms with Gasteiger partial charge in [0, 0.05) is 19.3 Å². The van der Waals surface area contributed by atoms with Crippen molar-refractivity contribution in [1.29, 1.82) is 0 Å². The number of carbonyl (C=O) groups excluding carboxylic acids is 1. The molecule has 0 aliphatic carbocycles. The average molecular weight is 252 g/mol. The van der Waals surface area contributed by atoms with E-state index >= 15 is 0 Å². The Hall–Kier alpha value is -1.82. The number of rotatable bonds is 5. The number of amides is 1. The summed E-state index contributed by atoms with van der Waals surface area (Å²) in [5, 5.41) is 11.6. The number of hydrogen-bond donors (Lipinski definition) is 2. The second-order valence-electron chi connectivity index (χ2n) is 4.27. The van der Waals surface area contributed by atoms with E-state index in [1.807, 2.05) is 0 Å². The maximum Gasteiger partial charge on any atom is 0.352 e. The van der Waals surface area contributed by atoms with Crippen molar-refractivity contribution in [3.63, 3.8) is 0 Å². The molecule has 1 aromatic rings. The van der Waals surface area contributed by atoms with Crippen molar-refractivity contribution in [2.45, 2.75) is 25.5 Å². The number of aromatic nitrogens is 1. The van der Waals surface area contributed by atoms with Crippen LogP contribution in [0.5, 0.6) is 0 Å². The molecule has 2 rings (SSSR count). The molecule has 2 N–H and O–H groups in total. The van der Waals surface area contributed by atoms with Gasteiger partial charge in [0.05, 0.1) is 6.10 Å². The molecule has 2 heterocycles. The van der Waals surface area contributed by atoms with Gasteiger partial charge in [0.1, 0.15) is 12.2 Å². The smallest absolute Gasteiger partial charge is 0.352 e. The summed E-state index contributed by atoms with van der Waals surface area (Å²) in [6.07, 6.45) is 3.66. The van der Waals surface area contributed by atoms with Gasteiger partial charge in [-0.05, 0) is 25.0 Å². The van der Waals surface area contributed by atoms with Crippen molar-refractivity contribution in [1.82, 2.24) is 9.88 Å². The molecule has 0 aromatic carbocycles. The molecule has 0 saturated carbocycles. The van der Waals surface area contributed by atoms with Gasteiger partial charge in [-0.25, -0.2) is 4.79 Å². The highest BCUT2D eigenvalue weighted by atomic mass is 16.5. The fourth-order valence-electron chi connectivity index (χ4n) is 1.99. The molecule has 1 saturated heterocycles. The molecule has 1 unspecified atom stereocenters. The van der Waals surface area contributed by atoms with Gasteiger partial charge in [0.25, 0.3) is 0 Å². The minimum absolute atomic E-state index is 0.0152. The number of nitrogens with zero attached hydrogens (tertiary/aromatic N) is 1. The first-order valence-electron chi connectivity index (χ1n) is 5.93. The standard InChI is InChI=1S/C12H16N2O4/c15-11(13-7-9-3-2-6-18-9)8-14-5-1-4-10(14)12(16)17/h1,4-5,9H,2-3,6-8H2,(H,13,15)(H,16,17). The van der Waals surface area contributed by atoms with Crippen molar-refractivity contribution in [3.05, 3.63) is 24.0 Å². The quantitative estimate of drug-likeness (QED) is 0.798. The third kappa shape index (κ3) is 3.10. The van der Waals surface area contributed by atoms with Crippen LogP contribution in [0, 0.1) is 0 Å². The Morgan fingerprint density at radius 1 is 1.56 bits per heavy atom. The molecule has 6 heteroatoms. The lowest BCUT2D eigenvalue weighted by Gasteiger charge is -2.11. The molecule has 6 nitrogen and oxygen atoms in total. The van der Waals surface area contributed by atoms with Gasteiger partial charge in [-0.3, -0.25) is 4.79 Å². The van der Waals surface area contributed by atoms with Crippen LogP contribution in [0.2, 0.25) is 0 Å². The molecular weight excluding hydrogens is 236 g/mol. The van der Waals surface area contributed by atoms with E-state index in [2.05, 4.69) is 5.32 Å². The van der Waals surface area contributed by atoms with Gasteiger partial charge in [0.2, 0.25) is 5.91 Å². The van der Waals surface area contributed by atoms with Crippen LogP contribution in [0.1, 0.15) is 23.3 Å². The molecule has 98 valence electrons. The Bertz CT molecular complexity index is 435. The Balaban J connectivity index is 1.82. The first-order chi connectivity index (χ1) is 8.66. The molecule has 0 bridgehead atoms. The predicted octanol–water partition coefficient (Wildman–Crippen LogP) is 0.482. The van der Waals surface area contributed by atoms with Crippen molar-refractivity contribution in [3.8, 4) is 0 Å². The first kappa shape index (κ1) is 12.6. The normalized spacial score (nSPS) is 18.8. The molecule has 1 atom stereocenters. The first-order valence-corrected chi connectivity index (χ1v) is 5.93. The topological polar surface area (TPSA) is 80.6 Å². The number of carbonyl (C=O) groups is 2. The Morgan fingerprint density at radius 3 is 3.06 bits per heavy atom. The number of ether oxygens (including phenoxy) is 1. The van der Waals surface area contributed by atoms with Gasteiger partial charge in [0.15, 0.2) is 0 Å². The molecule has 0 spiro atoms. The highest BCUT2D eigenvalue weighted by molar-refractivity contribution is 5.86. The van der Waals surface area contributed by atoms with Gasteiger partial charge in [-0.15, -0.1) is 0 Å². The van der Waals surface area contributed by atoms with Gasteiger partial charge >= 0.3 is 5.97 Å². The van der Waals surface area contributed by atoms with Crippen LogP contribution in [-0.2, 0) is 16.1 Å². The number of hydrogen-bond acceptors (Lipinski definition) is 3. The van der Waals surface area contributed by atoms with E-state index in [9.17, 15) is 9.59 Å². The molecule has 1 aliphatic heterocycles. The number of carboxylic acids is 1. The van der Waals surface area contributed by atoms with Crippen molar-refractivity contribution in [2.24, 2.45) is 0 Å². The minimum Gasteiger partial charge on any atom is -0.477 e. The molecule has 0 radical (unpaired) electrons. The Labute approximate surface area is 105 Å². The highest BCUT2D eigenvalue weighted by Gasteiger charge is 2.17. The monoisotopic (exact) mass is 252 g/mol. The summed E-state index contributed by atoms with van der Waals surface area (Å²) in [5.41, 5.74) is 0.113. The van der Waals surface area contributed by atoms with E-state index in [1.54, 1.807) is 12.3 Å². The molecular formula is C12H16N2O4. The van der Waals surface area contributed by atoms with Crippen LogP contribution in [0.4, 0.5) is 0 Å². The summed E-state index contributed by atoms with van der Waals surface area (Å²) in [7, 11) is 0. The lowest BCUT2D eigenvalue weighted by Crippen LogP contribution is -2.34. The predicted molar refractivity (Wildman–Crippen MR) is 63.4 cm³/mol. The van der Waals surface area contributed by atoms with Crippen molar-refractivity contribution in [2.75, 3.05) is 13.2 Å². The van der Waals surface area contributed by atoms with Crippen molar-refractivity contribution >= 4 is 11.9 Å². The summed E-state index contributed by atoms with van der Waals surface area (Å²) in [6, 6.07) is 3.08. The van der Waals surface area contributed by atoms with Gasteiger partial charge in [-0.1, -0.05) is 0 Å². The summed E-state index contributed by atoms with van der Waals surface area (Å²) in [4.78, 5) is 22.5. The number of carboxylic acid groups (broad SMARTS) is 1. The molecule has 1 amide bonds. The summed E-state index contributed by atoms with van der Waals surface area (Å²) in [5.74, 6) is -1.24. The lowest BCUT2D eigenvalue weighted by atomic mass is 10.2. The Kier molecular flexibility index (Phi) is 3.99. The van der Waals surface area contributed by atoms with E-state index in [4.69, 9.17) is 9.84 Å². The minimum atomic E-state index is -1.04. The highest BCUT2D eigenvalue weighted by Crippen LogP contribution is 2.10. The van der Waals surface area contributed by atoms with E-state index < -0.39 is 5.97 Å². The SMILES string of the molecule is O=C(Cn1cccc1C(=O)O)NCC1CCCO1. The lowest BCUT2D eigenvalue weighted by molar-refractivity contribution is -0.122. The third-order valence-corrected chi connectivity index (χ3v) is 2.91. The van der Waals surface area contributed by atoms with Gasteiger partial charge in [-0.2, -0.15) is 0 Å². The maximum atomic E-state index is 11.7. The molecule has 1 aromatic heterocycles. The molecule has 1 aliphatic rings. The van der Waals surface area contributed by atoms with Gasteiger partial charge < -0.3 is 19.7 Å². The maximum absolute atomic E-state index is 11.7. The second-order valence-corrected chi connectivity index (χ2v) is 4.27. The molecule has 1 fully saturated rings. The van der Waals surface area contributed by atoms with Crippen LogP contribution in [-0.4, -0.2) is 40.8 Å². The van der Waals surface area contributed by atoms with E-state index in [0.717, 1.165) is 19.4 Å². The van der Waals surface area contributed by atoms with Crippen LogP contribution in [0.15, 0.2) is 18.3 Å². The fraction of sp³-hybridized carbons (Fsp3) is 0.500. The number of nitrogens with one attached hydrogen (secondary N) is 1. The summed E-state index contributed by atoms with van der Waals surface area (Å²) in [6.45, 7) is 1.26. The zero-order valence-corrected chi connectivity index (χ0v) is 9.96. The largest absolute Gasteiger partial charge is 0.477 e. The van der Waals surface area contributed by atoms with Crippen molar-refractivity contribution < 1.29 is 19.4 Å². The van der Waals surface area contributed by atoms with E-state index in [-0.39, 0.29) is 24.2 Å². The summed E-state index contributed by atoms with van der Waals surface area (Å²) >= 11 is 0. The molecule has 18 heavy (non-hydrogen) atoms. The Morgan fingerprint density at radius 2 is 2.39 bits per heavy atom. The second kappa shape index (κ2) is 5.68. The average Bonchev–Trinajstić information content (AvgIpc) is 2.96. The van der Waals surface area contributed by atoms with Crippen LogP contribution in [0.25, 0.3) is 0 Å². The third-order valence-electron chi connectivity index (χ3n) is 2.91. The zero-order valence-electron chi connectivity index (χ0n) is 9.96. The fourth-order valence-corrected chi connectivity index (χ4v) is 1.99. The summed E-state index contributed by atoms with van der Waals surface area (Å²) < 4.78 is 6.79. The van der Waals surface area contributed by atoms with E-state index in [0.29, 0.717) is 6.54 Å². The van der Waals surface area contributed by atoms with Crippen LogP contribution < -0.4 is 5.32 Å². The van der Waals surface area contributed by atoms with Crippen LogP contribution in [0.3, 0.4) is 0 Å². The number of aromatic carboxylic acids is 1. The van der Waals surface area contributed by atoms with Crippen LogP contribution >= 0.6 is 0 Å². The van der Waals surface area contributed by atoms with E-state index in [1.165, 1.54) is 10.6 Å². The zero-order chi connectivity index (χ0) is 13.0.